The molecule has 1 aromatic rings. The van der Waals surface area contributed by atoms with E-state index in [0.717, 1.165) is 30.6 Å². The molecule has 1 aliphatic rings. The van der Waals surface area contributed by atoms with Crippen molar-refractivity contribution in [2.24, 2.45) is 0 Å². The highest BCUT2D eigenvalue weighted by Crippen LogP contribution is 2.28. The van der Waals surface area contributed by atoms with Crippen molar-refractivity contribution in [3.8, 4) is 0 Å². The van der Waals surface area contributed by atoms with Crippen LogP contribution < -0.4 is 0 Å². The zero-order chi connectivity index (χ0) is 12.4. The molecule has 1 aromatic heterocycles. The number of nitrogens with zero attached hydrogens (tertiary/aromatic N) is 2. The topological polar surface area (TPSA) is 53.4 Å². The number of aryl methyl sites for hydroxylation is 1. The van der Waals surface area contributed by atoms with Crippen molar-refractivity contribution >= 4 is 5.97 Å². The second-order valence-corrected chi connectivity index (χ2v) is 4.67. The van der Waals surface area contributed by atoms with Crippen molar-refractivity contribution in [1.82, 2.24) is 9.88 Å². The highest BCUT2D eigenvalue weighted by molar-refractivity contribution is 5.73. The lowest BCUT2D eigenvalue weighted by atomic mass is 10.1. The fourth-order valence-electron chi connectivity index (χ4n) is 2.41. The summed E-state index contributed by atoms with van der Waals surface area (Å²) >= 11 is 0. The fourth-order valence-corrected chi connectivity index (χ4v) is 2.41. The van der Waals surface area contributed by atoms with Crippen LogP contribution in [0.15, 0.2) is 18.3 Å². The predicted molar refractivity (Wildman–Crippen MR) is 64.8 cm³/mol. The number of carboxylic acid groups (broad SMARTS) is 1. The summed E-state index contributed by atoms with van der Waals surface area (Å²) in [6.07, 6.45) is 3.52. The summed E-state index contributed by atoms with van der Waals surface area (Å²) in [5.41, 5.74) is 2.07. The van der Waals surface area contributed by atoms with Crippen molar-refractivity contribution in [3.05, 3.63) is 29.6 Å². The molecule has 4 nitrogen and oxygen atoms in total. The number of aromatic nitrogens is 1. The van der Waals surface area contributed by atoms with Gasteiger partial charge in [-0.1, -0.05) is 6.07 Å². The summed E-state index contributed by atoms with van der Waals surface area (Å²) in [6.45, 7) is 4.87. The number of rotatable bonds is 3. The van der Waals surface area contributed by atoms with Gasteiger partial charge in [-0.25, -0.2) is 0 Å². The zero-order valence-electron chi connectivity index (χ0n) is 10.3. The SMILES string of the molecule is Cc1ccc(C(C)N2CCCC2C(=O)O)nc1. The summed E-state index contributed by atoms with van der Waals surface area (Å²) in [5, 5.41) is 9.16. The van der Waals surface area contributed by atoms with Crippen molar-refractivity contribution < 1.29 is 9.90 Å². The third-order valence-electron chi connectivity index (χ3n) is 3.44. The minimum Gasteiger partial charge on any atom is -0.480 e. The van der Waals surface area contributed by atoms with Crippen LogP contribution in [-0.2, 0) is 4.79 Å². The number of carbonyl (C=O) groups is 1. The van der Waals surface area contributed by atoms with Gasteiger partial charge in [0, 0.05) is 6.20 Å². The maximum Gasteiger partial charge on any atom is 0.320 e. The molecule has 1 aliphatic heterocycles. The first-order valence-electron chi connectivity index (χ1n) is 6.00. The molecule has 0 amide bonds. The monoisotopic (exact) mass is 234 g/mol. The van der Waals surface area contributed by atoms with Crippen LogP contribution in [0.25, 0.3) is 0 Å². The van der Waals surface area contributed by atoms with Gasteiger partial charge in [-0.05, 0) is 44.9 Å². The van der Waals surface area contributed by atoms with E-state index in [9.17, 15) is 4.79 Å². The van der Waals surface area contributed by atoms with Crippen LogP contribution >= 0.6 is 0 Å². The van der Waals surface area contributed by atoms with Gasteiger partial charge in [0.2, 0.25) is 0 Å². The molecule has 1 saturated heterocycles. The van der Waals surface area contributed by atoms with Crippen LogP contribution in [0.5, 0.6) is 0 Å². The molecule has 0 radical (unpaired) electrons. The van der Waals surface area contributed by atoms with E-state index in [0.29, 0.717) is 0 Å². The number of likely N-dealkylation sites (tertiary alicyclic amines) is 1. The summed E-state index contributed by atoms with van der Waals surface area (Å²) in [5.74, 6) is -0.721. The molecular weight excluding hydrogens is 216 g/mol. The summed E-state index contributed by atoms with van der Waals surface area (Å²) in [6, 6.07) is 3.72. The number of pyridine rings is 1. The molecule has 0 bridgehead atoms. The van der Waals surface area contributed by atoms with Crippen molar-refractivity contribution in [2.75, 3.05) is 6.54 Å². The Kier molecular flexibility index (Phi) is 3.43. The molecule has 2 atom stereocenters. The second-order valence-electron chi connectivity index (χ2n) is 4.67. The normalized spacial score (nSPS) is 22.6. The molecule has 1 N–H and O–H groups in total. The summed E-state index contributed by atoms with van der Waals surface area (Å²) in [7, 11) is 0. The number of hydrogen-bond donors (Lipinski definition) is 1. The molecule has 1 fully saturated rings. The quantitative estimate of drug-likeness (QED) is 0.869. The fraction of sp³-hybridized carbons (Fsp3) is 0.538. The Hall–Kier alpha value is -1.42. The molecule has 2 heterocycles. The van der Waals surface area contributed by atoms with Gasteiger partial charge in [-0.2, -0.15) is 0 Å². The molecule has 4 heteroatoms. The van der Waals surface area contributed by atoms with Crippen molar-refractivity contribution in [3.63, 3.8) is 0 Å². The smallest absolute Gasteiger partial charge is 0.320 e. The van der Waals surface area contributed by atoms with Crippen molar-refractivity contribution in [1.29, 1.82) is 0 Å². The standard InChI is InChI=1S/C13H18N2O2/c1-9-5-6-11(14-8-9)10(2)15-7-3-4-12(15)13(16)17/h5-6,8,10,12H,3-4,7H2,1-2H3,(H,16,17). The molecule has 0 aliphatic carbocycles. The van der Waals surface area contributed by atoms with Crippen LogP contribution in [0.2, 0.25) is 0 Å². The number of hydrogen-bond acceptors (Lipinski definition) is 3. The van der Waals surface area contributed by atoms with E-state index in [2.05, 4.69) is 4.98 Å². The van der Waals surface area contributed by atoms with E-state index in [1.807, 2.05) is 37.1 Å². The van der Waals surface area contributed by atoms with E-state index in [1.54, 1.807) is 0 Å². The van der Waals surface area contributed by atoms with Gasteiger partial charge in [0.1, 0.15) is 6.04 Å². The van der Waals surface area contributed by atoms with E-state index < -0.39 is 5.97 Å². The average Bonchev–Trinajstić information content (AvgIpc) is 2.78. The van der Waals surface area contributed by atoms with Gasteiger partial charge in [0.05, 0.1) is 11.7 Å². The Morgan fingerprint density at radius 3 is 2.94 bits per heavy atom. The van der Waals surface area contributed by atoms with Gasteiger partial charge in [-0.3, -0.25) is 14.7 Å². The summed E-state index contributed by atoms with van der Waals surface area (Å²) in [4.78, 5) is 17.5. The molecule has 17 heavy (non-hydrogen) atoms. The first-order valence-corrected chi connectivity index (χ1v) is 6.00. The summed E-state index contributed by atoms with van der Waals surface area (Å²) < 4.78 is 0. The third kappa shape index (κ3) is 2.47. The minimum atomic E-state index is -0.721. The molecule has 0 spiro atoms. The van der Waals surface area contributed by atoms with Gasteiger partial charge in [0.25, 0.3) is 0 Å². The van der Waals surface area contributed by atoms with Gasteiger partial charge >= 0.3 is 5.97 Å². The number of carboxylic acids is 1. The lowest BCUT2D eigenvalue weighted by molar-refractivity contribution is -0.142. The van der Waals surface area contributed by atoms with E-state index >= 15 is 0 Å². The highest BCUT2D eigenvalue weighted by Gasteiger charge is 2.34. The number of aliphatic carboxylic acids is 1. The van der Waals surface area contributed by atoms with Gasteiger partial charge in [-0.15, -0.1) is 0 Å². The molecule has 0 aromatic carbocycles. The Labute approximate surface area is 101 Å². The van der Waals surface area contributed by atoms with Gasteiger partial charge < -0.3 is 5.11 Å². The van der Waals surface area contributed by atoms with Crippen LogP contribution in [0.4, 0.5) is 0 Å². The minimum absolute atomic E-state index is 0.0687. The lowest BCUT2D eigenvalue weighted by Crippen LogP contribution is -2.37. The Bertz CT molecular complexity index is 402. The molecule has 92 valence electrons. The largest absolute Gasteiger partial charge is 0.480 e. The van der Waals surface area contributed by atoms with Crippen LogP contribution in [0.3, 0.4) is 0 Å². The van der Waals surface area contributed by atoms with Crippen LogP contribution in [0.1, 0.15) is 37.1 Å². The first-order chi connectivity index (χ1) is 8.09. The van der Waals surface area contributed by atoms with Crippen LogP contribution in [-0.4, -0.2) is 33.5 Å². The Morgan fingerprint density at radius 1 is 1.59 bits per heavy atom. The second kappa shape index (κ2) is 4.84. The molecule has 2 rings (SSSR count). The Morgan fingerprint density at radius 2 is 2.35 bits per heavy atom. The van der Waals surface area contributed by atoms with Gasteiger partial charge in [0.15, 0.2) is 0 Å². The van der Waals surface area contributed by atoms with E-state index in [-0.39, 0.29) is 12.1 Å². The lowest BCUT2D eigenvalue weighted by Gasteiger charge is -2.27. The van der Waals surface area contributed by atoms with Crippen LogP contribution in [0, 0.1) is 6.92 Å². The first kappa shape index (κ1) is 12.0. The van der Waals surface area contributed by atoms with Crippen molar-refractivity contribution in [2.45, 2.75) is 38.8 Å². The average molecular weight is 234 g/mol. The molecular formula is C13H18N2O2. The molecule has 0 saturated carbocycles. The maximum atomic E-state index is 11.1. The Balaban J connectivity index is 2.16. The predicted octanol–water partition coefficient (Wildman–Crippen LogP) is 2.00. The highest BCUT2D eigenvalue weighted by atomic mass is 16.4. The van der Waals surface area contributed by atoms with E-state index in [1.165, 1.54) is 0 Å². The van der Waals surface area contributed by atoms with E-state index in [4.69, 9.17) is 5.11 Å². The maximum absolute atomic E-state index is 11.1. The molecule has 2 unspecified atom stereocenters. The zero-order valence-corrected chi connectivity index (χ0v) is 10.3. The third-order valence-corrected chi connectivity index (χ3v) is 3.44.